The predicted molar refractivity (Wildman–Crippen MR) is 99.6 cm³/mol. The Morgan fingerprint density at radius 2 is 1.89 bits per heavy atom. The Morgan fingerprint density at radius 1 is 1.33 bits per heavy atom. The van der Waals surface area contributed by atoms with Gasteiger partial charge in [-0.15, -0.1) is 0 Å². The SMILES string of the molecule is C[C@H](CS(=O)(=O)[C@@](C)(F)C(=N)NC(=O)OC(C)(C)C)c1cc(N)ccc1F. The van der Waals surface area contributed by atoms with Crippen molar-refractivity contribution in [3.05, 3.63) is 29.6 Å². The van der Waals surface area contributed by atoms with E-state index in [2.05, 4.69) is 0 Å². The zero-order chi connectivity index (χ0) is 21.2. The van der Waals surface area contributed by atoms with Gasteiger partial charge >= 0.3 is 6.09 Å². The van der Waals surface area contributed by atoms with Crippen LogP contribution in [0.1, 0.15) is 46.1 Å². The second kappa shape index (κ2) is 7.79. The molecule has 1 aromatic carbocycles. The number of alkyl carbamates (subject to hydrolysis) is 1. The number of carbonyl (C=O) groups is 1. The third-order valence-corrected chi connectivity index (χ3v) is 5.99. The van der Waals surface area contributed by atoms with Crippen LogP contribution >= 0.6 is 0 Å². The van der Waals surface area contributed by atoms with Gasteiger partial charge in [0.05, 0.1) is 5.75 Å². The molecule has 0 unspecified atom stereocenters. The number of hydrogen-bond donors (Lipinski definition) is 3. The summed E-state index contributed by atoms with van der Waals surface area (Å²) >= 11 is 0. The maximum absolute atomic E-state index is 14.9. The van der Waals surface area contributed by atoms with Crippen molar-refractivity contribution in [1.29, 1.82) is 5.41 Å². The van der Waals surface area contributed by atoms with E-state index in [-0.39, 0.29) is 11.3 Å². The van der Waals surface area contributed by atoms with Crippen molar-refractivity contribution in [3.63, 3.8) is 0 Å². The van der Waals surface area contributed by atoms with E-state index in [0.29, 0.717) is 6.92 Å². The van der Waals surface area contributed by atoms with Crippen LogP contribution in [0, 0.1) is 11.2 Å². The Bertz CT molecular complexity index is 833. The van der Waals surface area contributed by atoms with Crippen molar-refractivity contribution >= 4 is 27.5 Å². The second-order valence-corrected chi connectivity index (χ2v) is 9.71. The first kappa shape index (κ1) is 22.8. The van der Waals surface area contributed by atoms with Crippen molar-refractivity contribution < 1.29 is 26.7 Å². The molecule has 0 radical (unpaired) electrons. The summed E-state index contributed by atoms with van der Waals surface area (Å²) in [5, 5.41) is 6.24. The Morgan fingerprint density at radius 3 is 2.41 bits per heavy atom. The van der Waals surface area contributed by atoms with E-state index in [4.69, 9.17) is 15.9 Å². The highest BCUT2D eigenvalue weighted by Gasteiger charge is 2.46. The van der Waals surface area contributed by atoms with Gasteiger partial charge in [0.25, 0.3) is 5.00 Å². The minimum absolute atomic E-state index is 0.0148. The van der Waals surface area contributed by atoms with E-state index in [1.807, 2.05) is 0 Å². The molecule has 1 rings (SSSR count). The normalized spacial score (nSPS) is 15.5. The maximum Gasteiger partial charge on any atom is 0.413 e. The number of halogens is 2. The minimum atomic E-state index is -4.59. The fraction of sp³-hybridized carbons (Fsp3) is 0.529. The van der Waals surface area contributed by atoms with Gasteiger partial charge in [-0.1, -0.05) is 6.92 Å². The van der Waals surface area contributed by atoms with Gasteiger partial charge < -0.3 is 10.5 Å². The molecule has 152 valence electrons. The highest BCUT2D eigenvalue weighted by molar-refractivity contribution is 7.93. The Labute approximate surface area is 157 Å². The summed E-state index contributed by atoms with van der Waals surface area (Å²) in [6.07, 6.45) is -1.15. The number of benzene rings is 1. The number of ether oxygens (including phenoxy) is 1. The molecule has 0 aromatic heterocycles. The molecule has 0 bridgehead atoms. The van der Waals surface area contributed by atoms with Gasteiger partial charge in [-0.05, 0) is 57.4 Å². The number of rotatable bonds is 5. The number of hydrogen-bond acceptors (Lipinski definition) is 6. The van der Waals surface area contributed by atoms with Crippen LogP contribution in [-0.2, 0) is 14.6 Å². The molecule has 0 heterocycles. The first-order valence-electron chi connectivity index (χ1n) is 8.12. The summed E-state index contributed by atoms with van der Waals surface area (Å²) in [7, 11) is -4.59. The van der Waals surface area contributed by atoms with Crippen LogP contribution in [0.3, 0.4) is 0 Å². The molecule has 1 aromatic rings. The van der Waals surface area contributed by atoms with Crippen LogP contribution in [0.4, 0.5) is 19.3 Å². The van der Waals surface area contributed by atoms with Crippen molar-refractivity contribution in [2.75, 3.05) is 11.5 Å². The van der Waals surface area contributed by atoms with E-state index in [1.54, 1.807) is 26.1 Å². The third kappa shape index (κ3) is 5.88. The van der Waals surface area contributed by atoms with E-state index >= 15 is 0 Å². The Kier molecular flexibility index (Phi) is 6.58. The van der Waals surface area contributed by atoms with Crippen LogP contribution in [0.5, 0.6) is 0 Å². The monoisotopic (exact) mass is 405 g/mol. The number of amidine groups is 1. The van der Waals surface area contributed by atoms with Gasteiger partial charge in [-0.2, -0.15) is 0 Å². The summed E-state index contributed by atoms with van der Waals surface area (Å²) < 4.78 is 58.7. The van der Waals surface area contributed by atoms with Gasteiger partial charge in [0.15, 0.2) is 15.7 Å². The second-order valence-electron chi connectivity index (χ2n) is 7.38. The lowest BCUT2D eigenvalue weighted by Crippen LogP contribution is -2.50. The lowest BCUT2D eigenvalue weighted by atomic mass is 10.0. The molecule has 10 heteroatoms. The van der Waals surface area contributed by atoms with Gasteiger partial charge in [0, 0.05) is 5.69 Å². The molecule has 7 nitrogen and oxygen atoms in total. The number of sulfone groups is 1. The van der Waals surface area contributed by atoms with Crippen molar-refractivity contribution in [2.24, 2.45) is 0 Å². The Hall–Kier alpha value is -2.23. The molecule has 2 atom stereocenters. The molecule has 0 fully saturated rings. The van der Waals surface area contributed by atoms with E-state index in [9.17, 15) is 22.0 Å². The first-order chi connectivity index (χ1) is 12.1. The average Bonchev–Trinajstić information content (AvgIpc) is 2.46. The molecule has 4 N–H and O–H groups in total. The predicted octanol–water partition coefficient (Wildman–Crippen LogP) is 3.11. The lowest BCUT2D eigenvalue weighted by molar-refractivity contribution is 0.0558. The van der Waals surface area contributed by atoms with Gasteiger partial charge in [-0.3, -0.25) is 10.7 Å². The van der Waals surface area contributed by atoms with Crippen LogP contribution in [0.25, 0.3) is 0 Å². The molecular weight excluding hydrogens is 380 g/mol. The topological polar surface area (TPSA) is 122 Å². The number of nitrogen functional groups attached to an aromatic ring is 1. The highest BCUT2D eigenvalue weighted by atomic mass is 32.2. The summed E-state index contributed by atoms with van der Waals surface area (Å²) in [5.74, 6) is -3.58. The maximum atomic E-state index is 14.9. The van der Waals surface area contributed by atoms with E-state index in [1.165, 1.54) is 19.1 Å². The molecule has 27 heavy (non-hydrogen) atoms. The third-order valence-electron chi connectivity index (χ3n) is 3.68. The molecule has 0 aliphatic rings. The smallest absolute Gasteiger partial charge is 0.413 e. The fourth-order valence-electron chi connectivity index (χ4n) is 2.19. The number of carbonyl (C=O) groups excluding carboxylic acids is 1. The van der Waals surface area contributed by atoms with Crippen LogP contribution < -0.4 is 11.1 Å². The summed E-state index contributed by atoms with van der Waals surface area (Å²) in [6, 6.07) is 3.68. The molecule has 1 amide bonds. The summed E-state index contributed by atoms with van der Waals surface area (Å²) in [4.78, 5) is 11.7. The van der Waals surface area contributed by atoms with Gasteiger partial charge in [0.2, 0.25) is 0 Å². The van der Waals surface area contributed by atoms with Crippen molar-refractivity contribution in [1.82, 2.24) is 5.32 Å². The molecular formula is C17H25F2N3O4S. The van der Waals surface area contributed by atoms with Crippen molar-refractivity contribution in [3.8, 4) is 0 Å². The van der Waals surface area contributed by atoms with Crippen LogP contribution in [0.15, 0.2) is 18.2 Å². The van der Waals surface area contributed by atoms with Crippen molar-refractivity contribution in [2.45, 2.75) is 51.1 Å². The Balaban J connectivity index is 2.98. The number of nitrogens with one attached hydrogen (secondary N) is 2. The zero-order valence-corrected chi connectivity index (χ0v) is 16.7. The summed E-state index contributed by atoms with van der Waals surface area (Å²) in [5.41, 5.74) is 4.92. The summed E-state index contributed by atoms with van der Waals surface area (Å²) in [6.45, 7) is 6.72. The van der Waals surface area contributed by atoms with Crippen LogP contribution in [0.2, 0.25) is 0 Å². The average molecular weight is 405 g/mol. The molecule has 0 saturated carbocycles. The lowest BCUT2D eigenvalue weighted by Gasteiger charge is -2.25. The molecule has 0 spiro atoms. The van der Waals surface area contributed by atoms with Gasteiger partial charge in [0.1, 0.15) is 11.4 Å². The van der Waals surface area contributed by atoms with Crippen LogP contribution in [-0.4, -0.2) is 36.7 Å². The minimum Gasteiger partial charge on any atom is -0.444 e. The standard InChI is InChI=1S/C17H25F2N3O4S/c1-10(12-8-11(20)6-7-13(12)18)9-27(24,25)17(5,19)14(21)22-15(23)26-16(2,3)4/h6-8,10H,9,20H2,1-5H3,(H2,21,22,23)/t10-,17-/m1/s1. The van der Waals surface area contributed by atoms with E-state index < -0.39 is 49.9 Å². The fourth-order valence-corrected chi connectivity index (χ4v) is 3.70. The number of alkyl halides is 1. The first-order valence-corrected chi connectivity index (χ1v) is 9.77. The number of nitrogens with two attached hydrogens (primary N) is 1. The molecule has 0 aliphatic heterocycles. The quantitative estimate of drug-likeness (QED) is 0.395. The highest BCUT2D eigenvalue weighted by Crippen LogP contribution is 2.28. The van der Waals surface area contributed by atoms with Gasteiger partial charge in [-0.25, -0.2) is 22.0 Å². The number of amides is 1. The molecule has 0 aliphatic carbocycles. The number of anilines is 1. The largest absolute Gasteiger partial charge is 0.444 e. The zero-order valence-electron chi connectivity index (χ0n) is 15.9. The molecule has 0 saturated heterocycles. The van der Waals surface area contributed by atoms with E-state index in [0.717, 1.165) is 6.07 Å².